The van der Waals surface area contributed by atoms with Gasteiger partial charge in [0.2, 0.25) is 0 Å². The Hall–Kier alpha value is -1.74. The van der Waals surface area contributed by atoms with Crippen LogP contribution in [0.25, 0.3) is 0 Å². The molecule has 1 N–H and O–H groups in total. The topological polar surface area (TPSA) is 12.0 Å². The van der Waals surface area contributed by atoms with Crippen LogP contribution in [-0.2, 0) is 6.42 Å². The maximum Gasteiger partial charge on any atom is 0.123 e. The maximum absolute atomic E-state index is 13.4. The molecule has 0 aromatic heterocycles. The fourth-order valence-corrected chi connectivity index (χ4v) is 2.65. The zero-order valence-corrected chi connectivity index (χ0v) is 12.7. The first-order valence-corrected chi connectivity index (χ1v) is 7.25. The van der Waals surface area contributed by atoms with Crippen LogP contribution in [0.3, 0.4) is 0 Å². The number of benzene rings is 2. The van der Waals surface area contributed by atoms with E-state index in [-0.39, 0.29) is 17.7 Å². The Balaban J connectivity index is 2.32. The average Bonchev–Trinajstić information content (AvgIpc) is 2.42. The van der Waals surface area contributed by atoms with Crippen LogP contribution < -0.4 is 5.32 Å². The number of aryl methyl sites for hydroxylation is 2. The van der Waals surface area contributed by atoms with Gasteiger partial charge in [0.1, 0.15) is 11.6 Å². The highest BCUT2D eigenvalue weighted by Crippen LogP contribution is 2.24. The predicted molar refractivity (Wildman–Crippen MR) is 82.4 cm³/mol. The normalized spacial score (nSPS) is 12.4. The van der Waals surface area contributed by atoms with Gasteiger partial charge in [-0.05, 0) is 73.3 Å². The summed E-state index contributed by atoms with van der Waals surface area (Å²) in [6.07, 6.45) is 0.684. The molecule has 2 aromatic rings. The molecule has 112 valence electrons. The Morgan fingerprint density at radius 2 is 1.62 bits per heavy atom. The second kappa shape index (κ2) is 6.81. The van der Waals surface area contributed by atoms with Gasteiger partial charge in [0.15, 0.2) is 0 Å². The Morgan fingerprint density at radius 3 is 2.29 bits per heavy atom. The summed E-state index contributed by atoms with van der Waals surface area (Å²) in [5.41, 5.74) is 4.01. The molecule has 0 aliphatic rings. The highest BCUT2D eigenvalue weighted by molar-refractivity contribution is 5.33. The van der Waals surface area contributed by atoms with E-state index in [1.165, 1.54) is 18.2 Å². The summed E-state index contributed by atoms with van der Waals surface area (Å²) < 4.78 is 26.7. The van der Waals surface area contributed by atoms with E-state index in [2.05, 4.69) is 5.32 Å². The van der Waals surface area contributed by atoms with Crippen molar-refractivity contribution in [2.75, 3.05) is 6.54 Å². The summed E-state index contributed by atoms with van der Waals surface area (Å²) in [6.45, 7) is 6.72. The number of halogens is 2. The summed E-state index contributed by atoms with van der Waals surface area (Å²) in [6, 6.07) is 9.74. The van der Waals surface area contributed by atoms with Gasteiger partial charge in [-0.1, -0.05) is 19.1 Å². The van der Waals surface area contributed by atoms with Crippen molar-refractivity contribution < 1.29 is 8.78 Å². The maximum atomic E-state index is 13.4. The van der Waals surface area contributed by atoms with E-state index in [1.54, 1.807) is 12.1 Å². The third kappa shape index (κ3) is 3.88. The van der Waals surface area contributed by atoms with Crippen molar-refractivity contribution in [3.05, 3.63) is 70.3 Å². The Bertz CT molecular complexity index is 623. The van der Waals surface area contributed by atoms with E-state index in [0.29, 0.717) is 6.42 Å². The van der Waals surface area contributed by atoms with Crippen molar-refractivity contribution in [3.63, 3.8) is 0 Å². The van der Waals surface area contributed by atoms with Crippen molar-refractivity contribution in [1.29, 1.82) is 0 Å². The van der Waals surface area contributed by atoms with Crippen molar-refractivity contribution >= 4 is 0 Å². The minimum atomic E-state index is -0.228. The van der Waals surface area contributed by atoms with Crippen molar-refractivity contribution in [1.82, 2.24) is 5.32 Å². The van der Waals surface area contributed by atoms with E-state index >= 15 is 0 Å². The van der Waals surface area contributed by atoms with Gasteiger partial charge in [0, 0.05) is 6.04 Å². The van der Waals surface area contributed by atoms with Gasteiger partial charge in [-0.2, -0.15) is 0 Å². The molecule has 0 saturated carbocycles. The quantitative estimate of drug-likeness (QED) is 0.856. The first-order valence-electron chi connectivity index (χ1n) is 7.25. The van der Waals surface area contributed by atoms with E-state index in [9.17, 15) is 8.78 Å². The standard InChI is InChI=1S/C18H21F2N/c1-4-21-18(17-8-7-15(19)9-13(17)3)11-14-10-16(20)6-5-12(14)2/h5-10,18,21H,4,11H2,1-3H3. The van der Waals surface area contributed by atoms with Crippen molar-refractivity contribution in [2.24, 2.45) is 0 Å². The lowest BCUT2D eigenvalue weighted by Crippen LogP contribution is -2.24. The lowest BCUT2D eigenvalue weighted by molar-refractivity contribution is 0.540. The summed E-state index contributed by atoms with van der Waals surface area (Å²) in [5.74, 6) is -0.449. The average molecular weight is 289 g/mol. The van der Waals surface area contributed by atoms with Crippen LogP contribution >= 0.6 is 0 Å². The molecule has 0 aliphatic heterocycles. The highest BCUT2D eigenvalue weighted by atomic mass is 19.1. The molecular weight excluding hydrogens is 268 g/mol. The second-order valence-electron chi connectivity index (χ2n) is 5.39. The highest BCUT2D eigenvalue weighted by Gasteiger charge is 2.15. The minimum absolute atomic E-state index is 0.0519. The summed E-state index contributed by atoms with van der Waals surface area (Å²) >= 11 is 0. The van der Waals surface area contributed by atoms with E-state index in [1.807, 2.05) is 26.8 Å². The Kier molecular flexibility index (Phi) is 5.07. The zero-order valence-electron chi connectivity index (χ0n) is 12.7. The smallest absolute Gasteiger partial charge is 0.123 e. The first-order chi connectivity index (χ1) is 10.0. The predicted octanol–water partition coefficient (Wildman–Crippen LogP) is 4.47. The monoisotopic (exact) mass is 289 g/mol. The lowest BCUT2D eigenvalue weighted by atomic mass is 9.93. The molecule has 0 fully saturated rings. The molecule has 1 unspecified atom stereocenters. The zero-order chi connectivity index (χ0) is 15.4. The molecule has 2 rings (SSSR count). The van der Waals surface area contributed by atoms with Gasteiger partial charge in [-0.15, -0.1) is 0 Å². The van der Waals surface area contributed by atoms with E-state index in [0.717, 1.165) is 28.8 Å². The first kappa shape index (κ1) is 15.6. The Labute approximate surface area is 125 Å². The molecule has 21 heavy (non-hydrogen) atoms. The van der Waals surface area contributed by atoms with Gasteiger partial charge in [-0.25, -0.2) is 8.78 Å². The summed E-state index contributed by atoms with van der Waals surface area (Å²) in [5, 5.41) is 3.41. The SMILES string of the molecule is CCNC(Cc1cc(F)ccc1C)c1ccc(F)cc1C. The van der Waals surface area contributed by atoms with E-state index < -0.39 is 0 Å². The van der Waals surface area contributed by atoms with Gasteiger partial charge in [-0.3, -0.25) is 0 Å². The van der Waals surface area contributed by atoms with Gasteiger partial charge in [0.25, 0.3) is 0 Å². The molecule has 0 saturated heterocycles. The molecule has 1 atom stereocenters. The summed E-state index contributed by atoms with van der Waals surface area (Å²) in [7, 11) is 0. The molecule has 2 aromatic carbocycles. The van der Waals surface area contributed by atoms with Crippen LogP contribution in [0.4, 0.5) is 8.78 Å². The molecule has 0 bridgehead atoms. The van der Waals surface area contributed by atoms with Gasteiger partial charge in [0.05, 0.1) is 0 Å². The van der Waals surface area contributed by atoms with Crippen LogP contribution in [0.5, 0.6) is 0 Å². The van der Waals surface area contributed by atoms with Gasteiger partial charge < -0.3 is 5.32 Å². The fraction of sp³-hybridized carbons (Fsp3) is 0.333. The Morgan fingerprint density at radius 1 is 0.952 bits per heavy atom. The molecule has 3 heteroatoms. The largest absolute Gasteiger partial charge is 0.310 e. The molecule has 0 spiro atoms. The van der Waals surface area contributed by atoms with Crippen LogP contribution in [-0.4, -0.2) is 6.54 Å². The number of hydrogen-bond acceptors (Lipinski definition) is 1. The minimum Gasteiger partial charge on any atom is -0.310 e. The third-order valence-electron chi connectivity index (χ3n) is 3.79. The number of likely N-dealkylation sites (N-methyl/N-ethyl adjacent to an activating group) is 1. The lowest BCUT2D eigenvalue weighted by Gasteiger charge is -2.21. The van der Waals surface area contributed by atoms with Crippen molar-refractivity contribution in [2.45, 2.75) is 33.2 Å². The molecule has 0 aliphatic carbocycles. The van der Waals surface area contributed by atoms with Crippen LogP contribution in [0, 0.1) is 25.5 Å². The second-order valence-corrected chi connectivity index (χ2v) is 5.39. The number of hydrogen-bond donors (Lipinski definition) is 1. The molecule has 0 amide bonds. The molecule has 0 radical (unpaired) electrons. The van der Waals surface area contributed by atoms with Crippen LogP contribution in [0.2, 0.25) is 0 Å². The van der Waals surface area contributed by atoms with E-state index in [4.69, 9.17) is 0 Å². The fourth-order valence-electron chi connectivity index (χ4n) is 2.65. The number of rotatable bonds is 5. The van der Waals surface area contributed by atoms with Crippen LogP contribution in [0.15, 0.2) is 36.4 Å². The molecule has 0 heterocycles. The summed E-state index contributed by atoms with van der Waals surface area (Å²) in [4.78, 5) is 0. The van der Waals surface area contributed by atoms with Gasteiger partial charge >= 0.3 is 0 Å². The molecular formula is C18H21F2N. The van der Waals surface area contributed by atoms with Crippen LogP contribution in [0.1, 0.15) is 35.2 Å². The molecule has 1 nitrogen and oxygen atoms in total. The third-order valence-corrected chi connectivity index (χ3v) is 3.79. The van der Waals surface area contributed by atoms with Crippen molar-refractivity contribution in [3.8, 4) is 0 Å². The number of nitrogens with one attached hydrogen (secondary N) is 1.